The van der Waals surface area contributed by atoms with Crippen molar-refractivity contribution in [3.8, 4) is 5.75 Å². The number of thiophene rings is 1. The molecule has 1 unspecified atom stereocenters. The highest BCUT2D eigenvalue weighted by Gasteiger charge is 2.09. The Labute approximate surface area is 99.1 Å². The van der Waals surface area contributed by atoms with Gasteiger partial charge in [-0.25, -0.2) is 0 Å². The molecule has 2 aromatic rings. The quantitative estimate of drug-likeness (QED) is 0.881. The van der Waals surface area contributed by atoms with Crippen molar-refractivity contribution in [3.05, 3.63) is 52.2 Å². The van der Waals surface area contributed by atoms with Crippen LogP contribution >= 0.6 is 11.3 Å². The third-order valence-corrected chi connectivity index (χ3v) is 3.19. The molecule has 0 saturated heterocycles. The van der Waals surface area contributed by atoms with Crippen molar-refractivity contribution in [1.29, 1.82) is 0 Å². The van der Waals surface area contributed by atoms with E-state index >= 15 is 0 Å². The molecule has 3 heteroatoms. The molecule has 1 aromatic heterocycles. The zero-order chi connectivity index (χ0) is 11.4. The average Bonchev–Trinajstić information content (AvgIpc) is 2.83. The van der Waals surface area contributed by atoms with Crippen molar-refractivity contribution in [2.45, 2.75) is 12.5 Å². The van der Waals surface area contributed by atoms with Gasteiger partial charge in [0.1, 0.15) is 5.75 Å². The summed E-state index contributed by atoms with van der Waals surface area (Å²) in [5, 5.41) is 13.9. The highest BCUT2D eigenvalue weighted by atomic mass is 32.1. The number of benzene rings is 1. The summed E-state index contributed by atoms with van der Waals surface area (Å²) in [6, 6.07) is 9.75. The van der Waals surface area contributed by atoms with Crippen molar-refractivity contribution in [1.82, 2.24) is 0 Å². The molecule has 16 heavy (non-hydrogen) atoms. The standard InChI is InChI=1S/C13H14O2S/c1-15-12-4-2-3-10(7-12)8-13(14)11-5-6-16-9-11/h2-7,9,13-14H,8H2,1H3. The molecule has 2 nitrogen and oxygen atoms in total. The van der Waals surface area contributed by atoms with Crippen molar-refractivity contribution in [2.24, 2.45) is 0 Å². The van der Waals surface area contributed by atoms with Gasteiger partial charge in [-0.1, -0.05) is 12.1 Å². The summed E-state index contributed by atoms with van der Waals surface area (Å²) in [7, 11) is 1.65. The smallest absolute Gasteiger partial charge is 0.119 e. The summed E-state index contributed by atoms with van der Waals surface area (Å²) in [5.41, 5.74) is 2.06. The van der Waals surface area contributed by atoms with Gasteiger partial charge in [-0.15, -0.1) is 0 Å². The lowest BCUT2D eigenvalue weighted by Crippen LogP contribution is -2.00. The Balaban J connectivity index is 2.08. The number of ether oxygens (including phenoxy) is 1. The van der Waals surface area contributed by atoms with Crippen molar-refractivity contribution in [3.63, 3.8) is 0 Å². The second-order valence-electron chi connectivity index (χ2n) is 3.63. The Hall–Kier alpha value is -1.32. The molecule has 0 aliphatic carbocycles. The minimum atomic E-state index is -0.432. The van der Waals surface area contributed by atoms with Gasteiger partial charge in [-0.05, 0) is 40.1 Å². The number of hydrogen-bond donors (Lipinski definition) is 1. The number of aliphatic hydroxyl groups excluding tert-OH is 1. The maximum atomic E-state index is 9.99. The van der Waals surface area contributed by atoms with Crippen LogP contribution in [0.2, 0.25) is 0 Å². The van der Waals surface area contributed by atoms with Crippen molar-refractivity contribution < 1.29 is 9.84 Å². The third kappa shape index (κ3) is 2.62. The Morgan fingerprint density at radius 3 is 2.94 bits per heavy atom. The number of methoxy groups -OCH3 is 1. The Morgan fingerprint density at radius 2 is 2.25 bits per heavy atom. The Morgan fingerprint density at radius 1 is 1.38 bits per heavy atom. The average molecular weight is 234 g/mol. The molecule has 0 saturated carbocycles. The normalized spacial score (nSPS) is 12.4. The lowest BCUT2D eigenvalue weighted by atomic mass is 10.0. The molecule has 0 aliphatic heterocycles. The Bertz CT molecular complexity index is 437. The van der Waals surface area contributed by atoms with Crippen LogP contribution in [0.25, 0.3) is 0 Å². The van der Waals surface area contributed by atoms with Gasteiger partial charge in [0.05, 0.1) is 13.2 Å². The van der Waals surface area contributed by atoms with Gasteiger partial charge in [0, 0.05) is 6.42 Å². The minimum absolute atomic E-state index is 0.432. The highest BCUT2D eigenvalue weighted by Crippen LogP contribution is 2.22. The van der Waals surface area contributed by atoms with Crippen molar-refractivity contribution in [2.75, 3.05) is 7.11 Å². The van der Waals surface area contributed by atoms with Gasteiger partial charge in [0.25, 0.3) is 0 Å². The van der Waals surface area contributed by atoms with Crippen LogP contribution in [0.5, 0.6) is 5.75 Å². The first kappa shape index (κ1) is 11.2. The first-order valence-electron chi connectivity index (χ1n) is 5.12. The molecule has 0 spiro atoms. The van der Waals surface area contributed by atoms with Crippen LogP contribution in [0.4, 0.5) is 0 Å². The van der Waals surface area contributed by atoms with E-state index in [9.17, 15) is 5.11 Å². The zero-order valence-electron chi connectivity index (χ0n) is 9.09. The largest absolute Gasteiger partial charge is 0.497 e. The highest BCUT2D eigenvalue weighted by molar-refractivity contribution is 7.07. The molecule has 2 rings (SSSR count). The van der Waals surface area contributed by atoms with Gasteiger partial charge >= 0.3 is 0 Å². The fourth-order valence-electron chi connectivity index (χ4n) is 1.61. The summed E-state index contributed by atoms with van der Waals surface area (Å²) >= 11 is 1.60. The molecule has 0 fully saturated rings. The van der Waals surface area contributed by atoms with E-state index in [0.717, 1.165) is 16.9 Å². The van der Waals surface area contributed by atoms with E-state index < -0.39 is 6.10 Å². The molecule has 1 heterocycles. The van der Waals surface area contributed by atoms with E-state index in [-0.39, 0.29) is 0 Å². The molecular formula is C13H14O2S. The van der Waals surface area contributed by atoms with E-state index in [4.69, 9.17) is 4.74 Å². The van der Waals surface area contributed by atoms with E-state index in [1.807, 2.05) is 41.1 Å². The van der Waals surface area contributed by atoms with Crippen LogP contribution in [0, 0.1) is 0 Å². The second kappa shape index (κ2) is 5.14. The molecule has 1 N–H and O–H groups in total. The van der Waals surface area contributed by atoms with Gasteiger partial charge in [0.15, 0.2) is 0 Å². The number of hydrogen-bond acceptors (Lipinski definition) is 3. The topological polar surface area (TPSA) is 29.5 Å². The molecule has 0 aliphatic rings. The van der Waals surface area contributed by atoms with E-state index in [1.165, 1.54) is 0 Å². The summed E-state index contributed by atoms with van der Waals surface area (Å²) in [6.45, 7) is 0. The second-order valence-corrected chi connectivity index (χ2v) is 4.41. The first-order valence-corrected chi connectivity index (χ1v) is 6.07. The summed E-state index contributed by atoms with van der Waals surface area (Å²) in [5.74, 6) is 0.829. The minimum Gasteiger partial charge on any atom is -0.497 e. The van der Waals surface area contributed by atoms with Crippen LogP contribution in [-0.4, -0.2) is 12.2 Å². The maximum Gasteiger partial charge on any atom is 0.119 e. The Kier molecular flexibility index (Phi) is 3.59. The fourth-order valence-corrected chi connectivity index (χ4v) is 2.31. The first-order chi connectivity index (χ1) is 7.79. The number of aliphatic hydroxyl groups is 1. The van der Waals surface area contributed by atoms with Crippen LogP contribution in [0.1, 0.15) is 17.2 Å². The van der Waals surface area contributed by atoms with Gasteiger partial charge in [-0.3, -0.25) is 0 Å². The van der Waals surface area contributed by atoms with Gasteiger partial charge < -0.3 is 9.84 Å². The SMILES string of the molecule is COc1cccc(CC(O)c2ccsc2)c1. The van der Waals surface area contributed by atoms with Crippen LogP contribution in [-0.2, 0) is 6.42 Å². The van der Waals surface area contributed by atoms with E-state index in [0.29, 0.717) is 6.42 Å². The summed E-state index contributed by atoms with van der Waals surface area (Å²) in [6.07, 6.45) is 0.187. The maximum absolute atomic E-state index is 9.99. The zero-order valence-corrected chi connectivity index (χ0v) is 9.91. The third-order valence-electron chi connectivity index (χ3n) is 2.49. The predicted molar refractivity (Wildman–Crippen MR) is 66.0 cm³/mol. The van der Waals surface area contributed by atoms with Crippen LogP contribution < -0.4 is 4.74 Å². The van der Waals surface area contributed by atoms with Crippen LogP contribution in [0.3, 0.4) is 0 Å². The van der Waals surface area contributed by atoms with E-state index in [1.54, 1.807) is 18.4 Å². The van der Waals surface area contributed by atoms with Crippen molar-refractivity contribution >= 4 is 11.3 Å². The molecule has 0 bridgehead atoms. The molecular weight excluding hydrogens is 220 g/mol. The lowest BCUT2D eigenvalue weighted by molar-refractivity contribution is 0.179. The number of rotatable bonds is 4. The molecule has 0 amide bonds. The monoisotopic (exact) mass is 234 g/mol. The van der Waals surface area contributed by atoms with E-state index in [2.05, 4.69) is 0 Å². The fraction of sp³-hybridized carbons (Fsp3) is 0.231. The van der Waals surface area contributed by atoms with Crippen LogP contribution in [0.15, 0.2) is 41.1 Å². The molecule has 0 radical (unpaired) electrons. The lowest BCUT2D eigenvalue weighted by Gasteiger charge is -2.09. The molecule has 1 aromatic carbocycles. The van der Waals surface area contributed by atoms with Gasteiger partial charge in [0.2, 0.25) is 0 Å². The van der Waals surface area contributed by atoms with Gasteiger partial charge in [-0.2, -0.15) is 11.3 Å². The molecule has 84 valence electrons. The summed E-state index contributed by atoms with van der Waals surface area (Å²) < 4.78 is 5.15. The predicted octanol–water partition coefficient (Wildman–Crippen LogP) is 3.03. The summed E-state index contributed by atoms with van der Waals surface area (Å²) in [4.78, 5) is 0. The molecule has 1 atom stereocenters.